The van der Waals surface area contributed by atoms with Crippen molar-refractivity contribution in [3.63, 3.8) is 0 Å². The lowest BCUT2D eigenvalue weighted by Crippen LogP contribution is -2.13. The van der Waals surface area contributed by atoms with Gasteiger partial charge in [0.2, 0.25) is 5.76 Å². The van der Waals surface area contributed by atoms with Gasteiger partial charge in [0.15, 0.2) is 0 Å². The molecule has 2 rings (SSSR count). The maximum absolute atomic E-state index is 12.2. The van der Waals surface area contributed by atoms with Crippen LogP contribution < -0.4 is 4.72 Å². The van der Waals surface area contributed by atoms with E-state index in [1.54, 1.807) is 0 Å². The monoisotopic (exact) mass is 349 g/mol. The number of hydrogen-bond donors (Lipinski definition) is 2. The van der Waals surface area contributed by atoms with E-state index in [2.05, 4.69) is 4.72 Å². The van der Waals surface area contributed by atoms with Crippen LogP contribution in [0.5, 0.6) is 0 Å². The minimum atomic E-state index is -4.03. The Bertz CT molecular complexity index is 813. The number of rotatable bonds is 4. The predicted octanol–water partition coefficient (Wildman–Crippen LogP) is 3.39. The Kier molecular flexibility index (Phi) is 4.18. The lowest BCUT2D eigenvalue weighted by atomic mass is 10.3. The van der Waals surface area contributed by atoms with E-state index in [4.69, 9.17) is 32.7 Å². The summed E-state index contributed by atoms with van der Waals surface area (Å²) in [6.45, 7) is 1.35. The Morgan fingerprint density at radius 3 is 2.48 bits per heavy atom. The minimum Gasteiger partial charge on any atom is -0.475 e. The highest BCUT2D eigenvalue weighted by Gasteiger charge is 2.24. The van der Waals surface area contributed by atoms with Crippen LogP contribution >= 0.6 is 23.2 Å². The maximum atomic E-state index is 12.2. The zero-order valence-electron chi connectivity index (χ0n) is 10.6. The van der Waals surface area contributed by atoms with Crippen LogP contribution in [0.1, 0.15) is 16.3 Å². The van der Waals surface area contributed by atoms with Gasteiger partial charge in [-0.05, 0) is 25.1 Å². The predicted molar refractivity (Wildman–Crippen MR) is 77.7 cm³/mol. The average Bonchev–Trinajstić information content (AvgIpc) is 2.76. The highest BCUT2D eigenvalue weighted by Crippen LogP contribution is 2.29. The lowest BCUT2D eigenvalue weighted by molar-refractivity contribution is 0.0661. The maximum Gasteiger partial charge on any atom is 0.371 e. The van der Waals surface area contributed by atoms with Crippen molar-refractivity contribution in [3.05, 3.63) is 45.8 Å². The SMILES string of the molecule is Cc1oc(C(=O)O)cc1S(=O)(=O)Nc1ccc(Cl)cc1Cl. The van der Waals surface area contributed by atoms with Crippen LogP contribution in [0.2, 0.25) is 10.0 Å². The first-order chi connectivity index (χ1) is 9.70. The van der Waals surface area contributed by atoms with Crippen molar-refractivity contribution >= 4 is 44.9 Å². The van der Waals surface area contributed by atoms with Crippen LogP contribution in [-0.2, 0) is 10.0 Å². The molecule has 0 aliphatic heterocycles. The number of nitrogens with one attached hydrogen (secondary N) is 1. The number of carbonyl (C=O) groups is 1. The van der Waals surface area contributed by atoms with Crippen molar-refractivity contribution in [2.24, 2.45) is 0 Å². The molecule has 0 saturated heterocycles. The van der Waals surface area contributed by atoms with Gasteiger partial charge in [0.1, 0.15) is 10.7 Å². The summed E-state index contributed by atoms with van der Waals surface area (Å²) in [7, 11) is -4.03. The first-order valence-electron chi connectivity index (χ1n) is 5.52. The van der Waals surface area contributed by atoms with E-state index in [-0.39, 0.29) is 21.4 Å². The molecule has 0 aliphatic rings. The summed E-state index contributed by atoms with van der Waals surface area (Å²) >= 11 is 11.6. The van der Waals surface area contributed by atoms with E-state index in [1.807, 2.05) is 0 Å². The van der Waals surface area contributed by atoms with Crippen LogP contribution in [-0.4, -0.2) is 19.5 Å². The van der Waals surface area contributed by atoms with Crippen LogP contribution in [0.3, 0.4) is 0 Å². The molecule has 112 valence electrons. The molecule has 1 aromatic carbocycles. The van der Waals surface area contributed by atoms with Gasteiger partial charge in [0, 0.05) is 11.1 Å². The average molecular weight is 350 g/mol. The first kappa shape index (κ1) is 15.7. The molecule has 21 heavy (non-hydrogen) atoms. The summed E-state index contributed by atoms with van der Waals surface area (Å²) in [4.78, 5) is 10.5. The largest absolute Gasteiger partial charge is 0.475 e. The Morgan fingerprint density at radius 1 is 1.29 bits per heavy atom. The number of benzene rings is 1. The number of carboxylic acid groups (broad SMARTS) is 1. The second-order valence-electron chi connectivity index (χ2n) is 4.07. The van der Waals surface area contributed by atoms with Crippen LogP contribution in [0.15, 0.2) is 33.6 Å². The molecule has 0 fully saturated rings. The van der Waals surface area contributed by atoms with Crippen molar-refractivity contribution in [1.29, 1.82) is 0 Å². The van der Waals surface area contributed by atoms with Crippen molar-refractivity contribution < 1.29 is 22.7 Å². The van der Waals surface area contributed by atoms with Gasteiger partial charge in [-0.3, -0.25) is 4.72 Å². The second-order valence-corrected chi connectivity index (χ2v) is 6.56. The Balaban J connectivity index is 2.41. The van der Waals surface area contributed by atoms with Crippen LogP contribution in [0.25, 0.3) is 0 Å². The number of halogens is 2. The van der Waals surface area contributed by atoms with E-state index >= 15 is 0 Å². The molecular weight excluding hydrogens is 341 g/mol. The highest BCUT2D eigenvalue weighted by molar-refractivity contribution is 7.92. The molecule has 0 bridgehead atoms. The molecule has 2 N–H and O–H groups in total. The summed E-state index contributed by atoms with van der Waals surface area (Å²) in [5.41, 5.74) is 0.124. The molecule has 0 spiro atoms. The molecule has 0 radical (unpaired) electrons. The molecule has 0 saturated carbocycles. The third kappa shape index (κ3) is 3.31. The highest BCUT2D eigenvalue weighted by atomic mass is 35.5. The van der Waals surface area contributed by atoms with E-state index in [0.717, 1.165) is 6.07 Å². The number of hydrogen-bond acceptors (Lipinski definition) is 4. The smallest absolute Gasteiger partial charge is 0.371 e. The number of furan rings is 1. The molecule has 0 amide bonds. The molecule has 6 nitrogen and oxygen atoms in total. The zero-order valence-corrected chi connectivity index (χ0v) is 12.9. The Hall–Kier alpha value is -1.70. The lowest BCUT2D eigenvalue weighted by Gasteiger charge is -2.08. The fourth-order valence-electron chi connectivity index (χ4n) is 1.61. The number of anilines is 1. The number of aromatic carboxylic acids is 1. The van der Waals surface area contributed by atoms with E-state index in [1.165, 1.54) is 25.1 Å². The van der Waals surface area contributed by atoms with Crippen molar-refractivity contribution in [1.82, 2.24) is 0 Å². The molecule has 1 heterocycles. The van der Waals surface area contributed by atoms with Crippen molar-refractivity contribution in [2.45, 2.75) is 11.8 Å². The van der Waals surface area contributed by atoms with Gasteiger partial charge in [-0.2, -0.15) is 0 Å². The summed E-state index contributed by atoms with van der Waals surface area (Å²) < 4.78 is 31.6. The zero-order chi connectivity index (χ0) is 15.8. The topological polar surface area (TPSA) is 96.6 Å². The molecule has 9 heteroatoms. The number of aryl methyl sites for hydroxylation is 1. The number of carboxylic acids is 1. The Morgan fingerprint density at radius 2 is 1.95 bits per heavy atom. The van der Waals surface area contributed by atoms with Gasteiger partial charge in [-0.15, -0.1) is 0 Å². The standard InChI is InChI=1S/C12H9Cl2NO5S/c1-6-11(5-10(20-6)12(16)17)21(18,19)15-9-3-2-7(13)4-8(9)14/h2-5,15H,1H3,(H,16,17). The summed E-state index contributed by atoms with van der Waals surface area (Å²) in [6, 6.07) is 5.18. The normalized spacial score (nSPS) is 11.4. The molecule has 1 aromatic heterocycles. The van der Waals surface area contributed by atoms with Crippen LogP contribution in [0.4, 0.5) is 5.69 Å². The van der Waals surface area contributed by atoms with Crippen molar-refractivity contribution in [2.75, 3.05) is 4.72 Å². The molecule has 0 unspecified atom stereocenters. The first-order valence-corrected chi connectivity index (χ1v) is 7.76. The summed E-state index contributed by atoms with van der Waals surface area (Å²) in [5.74, 6) is -1.86. The van der Waals surface area contributed by atoms with E-state index in [0.29, 0.717) is 5.02 Å². The second kappa shape index (κ2) is 5.59. The van der Waals surface area contributed by atoms with Gasteiger partial charge in [0.25, 0.3) is 10.0 Å². The van der Waals surface area contributed by atoms with E-state index < -0.39 is 21.8 Å². The third-order valence-corrected chi connectivity index (χ3v) is 4.57. The van der Waals surface area contributed by atoms with Crippen LogP contribution in [0, 0.1) is 6.92 Å². The van der Waals surface area contributed by atoms with Gasteiger partial charge in [0.05, 0.1) is 10.7 Å². The third-order valence-electron chi connectivity index (χ3n) is 2.55. The Labute approximate surface area is 130 Å². The number of sulfonamides is 1. The summed E-state index contributed by atoms with van der Waals surface area (Å²) in [5, 5.41) is 9.28. The van der Waals surface area contributed by atoms with Gasteiger partial charge in [-0.1, -0.05) is 23.2 Å². The fraction of sp³-hybridized carbons (Fsp3) is 0.0833. The molecule has 0 aliphatic carbocycles. The summed E-state index contributed by atoms with van der Waals surface area (Å²) in [6.07, 6.45) is 0. The molecular formula is C12H9Cl2NO5S. The fourth-order valence-corrected chi connectivity index (χ4v) is 3.38. The quantitative estimate of drug-likeness (QED) is 0.881. The van der Waals surface area contributed by atoms with E-state index in [9.17, 15) is 13.2 Å². The van der Waals surface area contributed by atoms with Crippen molar-refractivity contribution in [3.8, 4) is 0 Å². The van der Waals surface area contributed by atoms with Gasteiger partial charge >= 0.3 is 5.97 Å². The minimum absolute atomic E-state index is 0.0371. The molecule has 2 aromatic rings. The van der Waals surface area contributed by atoms with Gasteiger partial charge in [-0.25, -0.2) is 13.2 Å². The molecule has 0 atom stereocenters. The van der Waals surface area contributed by atoms with Gasteiger partial charge < -0.3 is 9.52 Å².